The van der Waals surface area contributed by atoms with Gasteiger partial charge in [0, 0.05) is 25.2 Å². The van der Waals surface area contributed by atoms with Gasteiger partial charge in [0.15, 0.2) is 5.69 Å². The summed E-state index contributed by atoms with van der Waals surface area (Å²) in [5, 5.41) is 12.4. The van der Waals surface area contributed by atoms with Gasteiger partial charge < -0.3 is 4.74 Å². The minimum absolute atomic E-state index is 0.297. The highest BCUT2D eigenvalue weighted by Gasteiger charge is 2.15. The maximum Gasteiger partial charge on any atom is 0.358 e. The summed E-state index contributed by atoms with van der Waals surface area (Å²) in [5.41, 5.74) is 1.05. The molecule has 0 bridgehead atoms. The van der Waals surface area contributed by atoms with Crippen LogP contribution in [0.1, 0.15) is 22.5 Å². The van der Waals surface area contributed by atoms with Crippen molar-refractivity contribution in [2.24, 2.45) is 7.05 Å². The smallest absolute Gasteiger partial charge is 0.358 e. The quantitative estimate of drug-likeness (QED) is 0.661. The molecule has 0 amide bonds. The number of esters is 1. The third kappa shape index (κ3) is 2.10. The van der Waals surface area contributed by atoms with E-state index in [0.29, 0.717) is 18.5 Å². The number of nitriles is 1. The van der Waals surface area contributed by atoms with Crippen LogP contribution in [0.2, 0.25) is 0 Å². The minimum Gasteiger partial charge on any atom is -0.464 e. The molecule has 0 unspecified atom stereocenters. The summed E-state index contributed by atoms with van der Waals surface area (Å²) in [6, 6.07) is 2.02. The van der Waals surface area contributed by atoms with E-state index in [4.69, 9.17) is 5.26 Å². The zero-order chi connectivity index (χ0) is 10.6. The number of aryl methyl sites for hydroxylation is 2. The lowest BCUT2D eigenvalue weighted by molar-refractivity contribution is 0.0592. The Labute approximate surface area is 81.9 Å². The van der Waals surface area contributed by atoms with Gasteiger partial charge in [0.1, 0.15) is 0 Å². The zero-order valence-electron chi connectivity index (χ0n) is 8.15. The lowest BCUT2D eigenvalue weighted by atomic mass is 10.1. The Hall–Kier alpha value is -1.83. The molecule has 1 aromatic heterocycles. The van der Waals surface area contributed by atoms with E-state index in [1.165, 1.54) is 7.11 Å². The number of nitrogens with zero attached hydrogens (tertiary/aromatic N) is 3. The van der Waals surface area contributed by atoms with Crippen molar-refractivity contribution in [1.82, 2.24) is 9.78 Å². The van der Waals surface area contributed by atoms with Crippen molar-refractivity contribution in [1.29, 1.82) is 5.26 Å². The molecule has 14 heavy (non-hydrogen) atoms. The van der Waals surface area contributed by atoms with Crippen molar-refractivity contribution >= 4 is 5.97 Å². The molecule has 0 spiro atoms. The van der Waals surface area contributed by atoms with Gasteiger partial charge in [-0.15, -0.1) is 0 Å². The van der Waals surface area contributed by atoms with Crippen LogP contribution in [0.25, 0.3) is 0 Å². The molecule has 0 saturated carbocycles. The number of hydrogen-bond donors (Lipinski definition) is 0. The largest absolute Gasteiger partial charge is 0.464 e. The number of methoxy groups -OCH3 is 1. The molecule has 1 heterocycles. The average molecular weight is 193 g/mol. The molecule has 74 valence electrons. The number of hydrogen-bond acceptors (Lipinski definition) is 4. The Morgan fingerprint density at radius 2 is 2.50 bits per heavy atom. The Kier molecular flexibility index (Phi) is 3.24. The van der Waals surface area contributed by atoms with Crippen LogP contribution in [0, 0.1) is 11.3 Å². The molecule has 0 aliphatic heterocycles. The zero-order valence-corrected chi connectivity index (χ0v) is 8.15. The fraction of sp³-hybridized carbons (Fsp3) is 0.444. The third-order valence-electron chi connectivity index (χ3n) is 1.79. The summed E-state index contributed by atoms with van der Waals surface area (Å²) in [4.78, 5) is 11.2. The van der Waals surface area contributed by atoms with Gasteiger partial charge in [-0.2, -0.15) is 10.4 Å². The molecule has 0 atom stereocenters. The lowest BCUT2D eigenvalue weighted by Crippen LogP contribution is -2.05. The monoisotopic (exact) mass is 193 g/mol. The van der Waals surface area contributed by atoms with Gasteiger partial charge in [-0.25, -0.2) is 4.79 Å². The van der Waals surface area contributed by atoms with E-state index in [1.807, 2.05) is 6.07 Å². The SMILES string of the molecule is COC(=O)c1nn(C)cc1CCC#N. The van der Waals surface area contributed by atoms with E-state index < -0.39 is 5.97 Å². The topological polar surface area (TPSA) is 67.9 Å². The predicted molar refractivity (Wildman–Crippen MR) is 48.5 cm³/mol. The Bertz CT molecular complexity index is 376. The van der Waals surface area contributed by atoms with Crippen molar-refractivity contribution in [2.75, 3.05) is 7.11 Å². The Morgan fingerprint density at radius 1 is 1.79 bits per heavy atom. The first-order valence-corrected chi connectivity index (χ1v) is 4.16. The normalized spacial score (nSPS) is 9.50. The number of carbonyl (C=O) groups excluding carboxylic acids is 1. The highest BCUT2D eigenvalue weighted by atomic mass is 16.5. The first kappa shape index (κ1) is 10.3. The minimum atomic E-state index is -0.460. The van der Waals surface area contributed by atoms with Crippen molar-refractivity contribution in [3.05, 3.63) is 17.5 Å². The second kappa shape index (κ2) is 4.42. The van der Waals surface area contributed by atoms with Crippen LogP contribution in [0.3, 0.4) is 0 Å². The van der Waals surface area contributed by atoms with E-state index in [-0.39, 0.29) is 0 Å². The number of aromatic nitrogens is 2. The first-order valence-electron chi connectivity index (χ1n) is 4.16. The summed E-state index contributed by atoms with van der Waals surface area (Å²) in [5.74, 6) is -0.460. The van der Waals surface area contributed by atoms with Crippen LogP contribution in [0.5, 0.6) is 0 Å². The van der Waals surface area contributed by atoms with Crippen LogP contribution in [-0.4, -0.2) is 22.9 Å². The molecule has 1 aromatic rings. The molecular formula is C9H11N3O2. The molecule has 0 radical (unpaired) electrons. The average Bonchev–Trinajstić information content (AvgIpc) is 2.55. The van der Waals surface area contributed by atoms with Gasteiger partial charge in [-0.1, -0.05) is 0 Å². The van der Waals surface area contributed by atoms with Gasteiger partial charge in [-0.05, 0) is 6.42 Å². The van der Waals surface area contributed by atoms with Crippen molar-refractivity contribution in [3.63, 3.8) is 0 Å². The molecule has 1 rings (SSSR count). The number of rotatable bonds is 3. The van der Waals surface area contributed by atoms with Gasteiger partial charge in [0.2, 0.25) is 0 Å². The fourth-order valence-electron chi connectivity index (χ4n) is 1.18. The lowest BCUT2D eigenvalue weighted by Gasteiger charge is -1.96. The van der Waals surface area contributed by atoms with Crippen LogP contribution in [-0.2, 0) is 18.2 Å². The second-order valence-corrected chi connectivity index (χ2v) is 2.83. The maximum atomic E-state index is 11.2. The first-order chi connectivity index (χ1) is 6.69. The standard InChI is InChI=1S/C9H11N3O2/c1-12-6-7(4-3-5-10)8(11-12)9(13)14-2/h6H,3-4H2,1-2H3. The molecule has 0 saturated heterocycles. The van der Waals surface area contributed by atoms with Crippen molar-refractivity contribution in [3.8, 4) is 6.07 Å². The van der Waals surface area contributed by atoms with Crippen LogP contribution < -0.4 is 0 Å². The van der Waals surface area contributed by atoms with Gasteiger partial charge in [0.05, 0.1) is 13.2 Å². The summed E-state index contributed by atoms with van der Waals surface area (Å²) in [6.45, 7) is 0. The van der Waals surface area contributed by atoms with Crippen LogP contribution in [0.4, 0.5) is 0 Å². The van der Waals surface area contributed by atoms with E-state index in [9.17, 15) is 4.79 Å². The van der Waals surface area contributed by atoms with E-state index in [0.717, 1.165) is 5.56 Å². The highest BCUT2D eigenvalue weighted by Crippen LogP contribution is 2.09. The van der Waals surface area contributed by atoms with Gasteiger partial charge in [0.25, 0.3) is 0 Å². The highest BCUT2D eigenvalue weighted by molar-refractivity contribution is 5.88. The fourth-order valence-corrected chi connectivity index (χ4v) is 1.18. The second-order valence-electron chi connectivity index (χ2n) is 2.83. The molecule has 0 aliphatic carbocycles. The van der Waals surface area contributed by atoms with E-state index in [2.05, 4.69) is 9.84 Å². The summed E-state index contributed by atoms with van der Waals surface area (Å²) >= 11 is 0. The Morgan fingerprint density at radius 3 is 3.07 bits per heavy atom. The molecular weight excluding hydrogens is 182 g/mol. The molecule has 0 N–H and O–H groups in total. The molecule has 0 aromatic carbocycles. The van der Waals surface area contributed by atoms with Crippen molar-refractivity contribution < 1.29 is 9.53 Å². The summed E-state index contributed by atoms with van der Waals surface area (Å²) < 4.78 is 6.11. The predicted octanol–water partition coefficient (Wildman–Crippen LogP) is 0.663. The van der Waals surface area contributed by atoms with Gasteiger partial charge >= 0.3 is 5.97 Å². The molecule has 0 fully saturated rings. The van der Waals surface area contributed by atoms with Gasteiger partial charge in [-0.3, -0.25) is 4.68 Å². The number of carbonyl (C=O) groups is 1. The molecule has 5 nitrogen and oxygen atoms in total. The van der Waals surface area contributed by atoms with Crippen LogP contribution >= 0.6 is 0 Å². The van der Waals surface area contributed by atoms with Crippen LogP contribution in [0.15, 0.2) is 6.20 Å². The molecule has 0 aliphatic rings. The summed E-state index contributed by atoms with van der Waals surface area (Å²) in [6.07, 6.45) is 2.62. The number of ether oxygens (including phenoxy) is 1. The Balaban J connectivity index is 2.92. The third-order valence-corrected chi connectivity index (χ3v) is 1.79. The van der Waals surface area contributed by atoms with Crippen molar-refractivity contribution in [2.45, 2.75) is 12.8 Å². The van der Waals surface area contributed by atoms with E-state index >= 15 is 0 Å². The van der Waals surface area contributed by atoms with E-state index in [1.54, 1.807) is 17.9 Å². The molecule has 5 heteroatoms. The maximum absolute atomic E-state index is 11.2. The summed E-state index contributed by atoms with van der Waals surface area (Å²) in [7, 11) is 3.04.